The largest absolute Gasteiger partial charge is 0.396 e. The highest BCUT2D eigenvalue weighted by atomic mass is 28.3. The van der Waals surface area contributed by atoms with Crippen LogP contribution in [-0.2, 0) is 0 Å². The van der Waals surface area contributed by atoms with E-state index in [2.05, 4.69) is 123 Å². The summed E-state index contributed by atoms with van der Waals surface area (Å²) in [6.07, 6.45) is 0. The molecule has 2 N–H and O–H groups in total. The van der Waals surface area contributed by atoms with Gasteiger partial charge in [-0.1, -0.05) is 146 Å². The molecule has 0 aliphatic heterocycles. The Labute approximate surface area is 218 Å². The number of aliphatic hydroxyl groups is 2. The second-order valence-electron chi connectivity index (χ2n) is 10.9. The third kappa shape index (κ3) is 5.32. The Bertz CT molecular complexity index is 1130. The lowest BCUT2D eigenvalue weighted by molar-refractivity contribution is 0.290. The van der Waals surface area contributed by atoms with Crippen LogP contribution in [-0.4, -0.2) is 39.6 Å². The quantitative estimate of drug-likeness (QED) is 0.279. The Morgan fingerprint density at radius 1 is 0.472 bits per heavy atom. The third-order valence-corrected chi connectivity index (χ3v) is 16.3. The van der Waals surface area contributed by atoms with Crippen LogP contribution >= 0.6 is 0 Å². The van der Waals surface area contributed by atoms with Crippen molar-refractivity contribution in [1.29, 1.82) is 0 Å². The van der Waals surface area contributed by atoms with Gasteiger partial charge in [0.05, 0.1) is 16.1 Å². The van der Waals surface area contributed by atoms with Gasteiger partial charge in [-0.2, -0.15) is 0 Å². The van der Waals surface area contributed by atoms with Crippen molar-refractivity contribution in [2.24, 2.45) is 0 Å². The van der Waals surface area contributed by atoms with E-state index in [4.69, 9.17) is 0 Å². The molecule has 4 heteroatoms. The maximum atomic E-state index is 10.3. The number of aliphatic hydroxyl groups excluding tert-OH is 2. The van der Waals surface area contributed by atoms with Gasteiger partial charge in [-0.05, 0) is 22.3 Å². The summed E-state index contributed by atoms with van der Waals surface area (Å²) in [7, 11) is -3.85. The minimum Gasteiger partial charge on any atom is -0.396 e. The molecule has 0 aromatic heterocycles. The zero-order chi connectivity index (χ0) is 25.8. The van der Waals surface area contributed by atoms with Crippen molar-refractivity contribution in [1.82, 2.24) is 0 Å². The van der Waals surface area contributed by atoms with E-state index < -0.39 is 16.1 Å². The lowest BCUT2D eigenvalue weighted by atomic mass is 10.1. The van der Waals surface area contributed by atoms with Crippen molar-refractivity contribution in [3.05, 3.63) is 120 Å². The molecule has 36 heavy (non-hydrogen) atoms. The van der Waals surface area contributed by atoms with Crippen LogP contribution in [0.15, 0.2) is 109 Å². The summed E-state index contributed by atoms with van der Waals surface area (Å²) in [5, 5.41) is 23.2. The Kier molecular flexibility index (Phi) is 8.11. The first-order valence-corrected chi connectivity index (χ1v) is 19.0. The lowest BCUT2D eigenvalue weighted by Crippen LogP contribution is -2.49. The highest BCUT2D eigenvalue weighted by Gasteiger charge is 2.35. The predicted molar refractivity (Wildman–Crippen MR) is 159 cm³/mol. The van der Waals surface area contributed by atoms with E-state index in [0.717, 1.165) is 0 Å². The molecule has 0 saturated heterocycles. The monoisotopic (exact) mass is 510 g/mol. The molecule has 0 saturated carbocycles. The Morgan fingerprint density at radius 3 is 1.06 bits per heavy atom. The summed E-state index contributed by atoms with van der Waals surface area (Å²) in [6, 6.07) is 38.8. The molecule has 0 heterocycles. The van der Waals surface area contributed by atoms with E-state index in [1.54, 1.807) is 0 Å². The van der Waals surface area contributed by atoms with Crippen LogP contribution in [0.5, 0.6) is 0 Å². The van der Waals surface area contributed by atoms with Crippen LogP contribution in [0.1, 0.15) is 22.2 Å². The Balaban J connectivity index is 1.56. The maximum Gasteiger partial charge on any atom is 0.0906 e. The zero-order valence-electron chi connectivity index (χ0n) is 21.9. The number of benzene rings is 4. The molecule has 0 aliphatic rings. The zero-order valence-corrected chi connectivity index (χ0v) is 23.9. The molecule has 4 rings (SSSR count). The molecule has 2 nitrogen and oxygen atoms in total. The minimum atomic E-state index is -1.92. The van der Waals surface area contributed by atoms with Crippen LogP contribution in [0.2, 0.25) is 26.2 Å². The standard InChI is InChI=1S/C32H38O2Si2/c1-35(2,31(23-33)27-11-7-5-8-12-27)29-19-15-25(16-20-29)26-17-21-30(22-18-26)36(3,4)32(24-34)28-13-9-6-10-14-28/h5-22,31-34H,23-24H2,1-4H3. The summed E-state index contributed by atoms with van der Waals surface area (Å²) in [5.74, 6) is 0. The van der Waals surface area contributed by atoms with Crippen molar-refractivity contribution in [3.63, 3.8) is 0 Å². The average molecular weight is 511 g/mol. The molecule has 2 atom stereocenters. The molecule has 0 radical (unpaired) electrons. The van der Waals surface area contributed by atoms with Crippen LogP contribution in [0.25, 0.3) is 11.1 Å². The summed E-state index contributed by atoms with van der Waals surface area (Å²) in [4.78, 5) is 0. The highest BCUT2D eigenvalue weighted by molar-refractivity contribution is 6.91. The highest BCUT2D eigenvalue weighted by Crippen LogP contribution is 2.29. The van der Waals surface area contributed by atoms with Crippen molar-refractivity contribution in [2.75, 3.05) is 13.2 Å². The number of hydrogen-bond acceptors (Lipinski definition) is 2. The van der Waals surface area contributed by atoms with Crippen LogP contribution in [0, 0.1) is 0 Å². The van der Waals surface area contributed by atoms with Crippen molar-refractivity contribution in [2.45, 2.75) is 37.3 Å². The maximum absolute atomic E-state index is 10.3. The second-order valence-corrected chi connectivity index (χ2v) is 20.3. The van der Waals surface area contributed by atoms with Crippen LogP contribution in [0.4, 0.5) is 0 Å². The molecule has 0 aliphatic carbocycles. The molecule has 0 bridgehead atoms. The predicted octanol–water partition coefficient (Wildman–Crippen LogP) is 5.82. The first-order valence-electron chi connectivity index (χ1n) is 12.8. The molecule has 2 unspecified atom stereocenters. The van der Waals surface area contributed by atoms with Gasteiger partial charge in [0.15, 0.2) is 0 Å². The fourth-order valence-corrected chi connectivity index (χ4v) is 11.3. The third-order valence-electron chi connectivity index (χ3n) is 8.10. The number of rotatable bonds is 9. The summed E-state index contributed by atoms with van der Waals surface area (Å²) in [5.41, 5.74) is 5.19. The van der Waals surface area contributed by atoms with Crippen molar-refractivity contribution < 1.29 is 10.2 Å². The topological polar surface area (TPSA) is 40.5 Å². The van der Waals surface area contributed by atoms with E-state index in [1.165, 1.54) is 32.6 Å². The van der Waals surface area contributed by atoms with Gasteiger partial charge in [0, 0.05) is 24.3 Å². The van der Waals surface area contributed by atoms with Gasteiger partial charge in [0.25, 0.3) is 0 Å². The summed E-state index contributed by atoms with van der Waals surface area (Å²) < 4.78 is 0. The van der Waals surface area contributed by atoms with Gasteiger partial charge >= 0.3 is 0 Å². The van der Waals surface area contributed by atoms with Gasteiger partial charge < -0.3 is 10.2 Å². The second kappa shape index (κ2) is 11.1. The molecular formula is C32H38O2Si2. The van der Waals surface area contributed by atoms with Gasteiger partial charge in [-0.15, -0.1) is 0 Å². The van der Waals surface area contributed by atoms with Crippen LogP contribution in [0.3, 0.4) is 0 Å². The van der Waals surface area contributed by atoms with Gasteiger partial charge in [-0.25, -0.2) is 0 Å². The summed E-state index contributed by atoms with van der Waals surface area (Å²) >= 11 is 0. The smallest absolute Gasteiger partial charge is 0.0906 e. The Hall–Kier alpha value is -2.77. The van der Waals surface area contributed by atoms with E-state index >= 15 is 0 Å². The molecule has 0 fully saturated rings. The molecule has 4 aromatic rings. The van der Waals surface area contributed by atoms with Gasteiger partial charge in [0.1, 0.15) is 0 Å². The molecule has 0 spiro atoms. The fraction of sp³-hybridized carbons (Fsp3) is 0.250. The van der Waals surface area contributed by atoms with Crippen LogP contribution < -0.4 is 10.4 Å². The van der Waals surface area contributed by atoms with Crippen molar-refractivity contribution in [3.8, 4) is 11.1 Å². The average Bonchev–Trinajstić information content (AvgIpc) is 2.91. The molecule has 186 valence electrons. The normalized spacial score (nSPS) is 13.8. The first kappa shape index (κ1) is 26.3. The van der Waals surface area contributed by atoms with E-state index in [0.29, 0.717) is 0 Å². The molecular weight excluding hydrogens is 473 g/mol. The first-order chi connectivity index (χ1) is 17.3. The van der Waals surface area contributed by atoms with E-state index in [9.17, 15) is 10.2 Å². The Morgan fingerprint density at radius 2 is 0.778 bits per heavy atom. The molecule has 0 amide bonds. The minimum absolute atomic E-state index is 0.167. The van der Waals surface area contributed by atoms with E-state index in [-0.39, 0.29) is 24.3 Å². The lowest BCUT2D eigenvalue weighted by Gasteiger charge is -2.32. The van der Waals surface area contributed by atoms with Gasteiger partial charge in [-0.3, -0.25) is 0 Å². The van der Waals surface area contributed by atoms with Crippen molar-refractivity contribution >= 4 is 26.5 Å². The number of hydrogen-bond donors (Lipinski definition) is 2. The SMILES string of the molecule is C[Si](C)(c1ccc(-c2ccc([Si](C)(C)C(CO)c3ccccc3)cc2)cc1)C(CO)c1ccccc1. The molecule has 4 aromatic carbocycles. The van der Waals surface area contributed by atoms with Gasteiger partial charge in [0.2, 0.25) is 0 Å². The fourth-order valence-electron chi connectivity index (χ4n) is 5.46. The van der Waals surface area contributed by atoms with E-state index in [1.807, 2.05) is 12.1 Å². The summed E-state index contributed by atoms with van der Waals surface area (Å²) in [6.45, 7) is 9.74.